The molecule has 0 fully saturated rings. The highest BCUT2D eigenvalue weighted by atomic mass is 16.1. The molecule has 2 aromatic heterocycles. The standard InChI is InChI=1S/C17H14O.C8H6N2.C3H6O/c18-17(13-11-15-7-3-1-4-8-15)14-12-16-9-5-2-6-10-16;1-3-7-4-2-6-10-8(7)9-5-1;1-3(2)4/h1-14H;1-6H;1-2H3. The maximum Gasteiger partial charge on any atom is 0.178 e. The van der Waals surface area contributed by atoms with E-state index < -0.39 is 0 Å². The second-order valence-corrected chi connectivity index (χ2v) is 6.85. The molecule has 0 spiro atoms. The van der Waals surface area contributed by atoms with E-state index in [1.165, 1.54) is 13.8 Å². The zero-order chi connectivity index (χ0) is 23.0. The highest BCUT2D eigenvalue weighted by molar-refractivity contribution is 6.04. The molecule has 160 valence electrons. The summed E-state index contributed by atoms with van der Waals surface area (Å²) in [4.78, 5) is 29.2. The van der Waals surface area contributed by atoms with E-state index in [4.69, 9.17) is 0 Å². The van der Waals surface area contributed by atoms with Crippen LogP contribution in [-0.2, 0) is 9.59 Å². The number of nitrogens with zero attached hydrogens (tertiary/aromatic N) is 2. The lowest BCUT2D eigenvalue weighted by molar-refractivity contribution is -0.115. The van der Waals surface area contributed by atoms with Gasteiger partial charge in [-0.15, -0.1) is 0 Å². The molecule has 0 unspecified atom stereocenters. The molecular formula is C28H26N2O2. The van der Waals surface area contributed by atoms with E-state index >= 15 is 0 Å². The van der Waals surface area contributed by atoms with Crippen molar-refractivity contribution in [2.45, 2.75) is 13.8 Å². The molecule has 0 radical (unpaired) electrons. The molecule has 0 aliphatic carbocycles. The minimum absolute atomic E-state index is 0.0114. The lowest BCUT2D eigenvalue weighted by Gasteiger charge is -1.91. The molecule has 2 heterocycles. The van der Waals surface area contributed by atoms with Gasteiger partial charge in [-0.3, -0.25) is 4.79 Å². The zero-order valence-corrected chi connectivity index (χ0v) is 18.3. The number of fused-ring (bicyclic) bond motifs is 1. The highest BCUT2D eigenvalue weighted by Gasteiger charge is 1.90. The summed E-state index contributed by atoms with van der Waals surface area (Å²) in [5.74, 6) is 0.155. The van der Waals surface area contributed by atoms with Crippen molar-refractivity contribution in [3.8, 4) is 0 Å². The van der Waals surface area contributed by atoms with Gasteiger partial charge in [0.05, 0.1) is 0 Å². The summed E-state index contributed by atoms with van der Waals surface area (Å²) in [6.45, 7) is 3.06. The van der Waals surface area contributed by atoms with Crippen LogP contribution in [0.3, 0.4) is 0 Å². The minimum Gasteiger partial charge on any atom is -0.300 e. The van der Waals surface area contributed by atoms with Crippen molar-refractivity contribution in [3.05, 3.63) is 121 Å². The average Bonchev–Trinajstić information content (AvgIpc) is 2.83. The molecule has 0 N–H and O–H groups in total. The third kappa shape index (κ3) is 10.0. The van der Waals surface area contributed by atoms with E-state index in [0.29, 0.717) is 0 Å². The number of benzene rings is 2. The van der Waals surface area contributed by atoms with Gasteiger partial charge in [0.1, 0.15) is 5.78 Å². The molecule has 32 heavy (non-hydrogen) atoms. The number of aromatic nitrogens is 2. The van der Waals surface area contributed by atoms with Crippen LogP contribution in [0.4, 0.5) is 0 Å². The molecule has 0 saturated carbocycles. The van der Waals surface area contributed by atoms with Gasteiger partial charge in [-0.25, -0.2) is 9.97 Å². The van der Waals surface area contributed by atoms with E-state index in [9.17, 15) is 9.59 Å². The smallest absolute Gasteiger partial charge is 0.178 e. The topological polar surface area (TPSA) is 59.9 Å². The molecule has 0 atom stereocenters. The predicted molar refractivity (Wildman–Crippen MR) is 132 cm³/mol. The van der Waals surface area contributed by atoms with Crippen LogP contribution in [-0.4, -0.2) is 21.5 Å². The number of pyridine rings is 2. The molecular weight excluding hydrogens is 396 g/mol. The number of ketones is 2. The number of rotatable bonds is 4. The van der Waals surface area contributed by atoms with Gasteiger partial charge < -0.3 is 4.79 Å². The Balaban J connectivity index is 0.000000216. The van der Waals surface area contributed by atoms with Gasteiger partial charge in [-0.2, -0.15) is 0 Å². The van der Waals surface area contributed by atoms with Crippen molar-refractivity contribution in [1.29, 1.82) is 0 Å². The van der Waals surface area contributed by atoms with Crippen molar-refractivity contribution >= 4 is 34.8 Å². The number of allylic oxidation sites excluding steroid dienone is 2. The Morgan fingerprint density at radius 2 is 1.03 bits per heavy atom. The molecule has 0 amide bonds. The third-order valence-electron chi connectivity index (χ3n) is 3.85. The molecule has 0 bridgehead atoms. The number of hydrogen-bond donors (Lipinski definition) is 0. The van der Waals surface area contributed by atoms with Gasteiger partial charge in [0.25, 0.3) is 0 Å². The van der Waals surface area contributed by atoms with Crippen LogP contribution in [0.5, 0.6) is 0 Å². The van der Waals surface area contributed by atoms with Crippen molar-refractivity contribution < 1.29 is 9.59 Å². The Morgan fingerprint density at radius 1 is 0.625 bits per heavy atom. The Labute approximate surface area is 189 Å². The van der Waals surface area contributed by atoms with Crippen LogP contribution in [0.25, 0.3) is 23.2 Å². The van der Waals surface area contributed by atoms with Crippen LogP contribution in [0.15, 0.2) is 109 Å². The Morgan fingerprint density at radius 3 is 1.41 bits per heavy atom. The second kappa shape index (κ2) is 13.9. The summed E-state index contributed by atoms with van der Waals surface area (Å²) in [5.41, 5.74) is 2.86. The normalized spacial score (nSPS) is 10.2. The first-order valence-electron chi connectivity index (χ1n) is 10.2. The summed E-state index contributed by atoms with van der Waals surface area (Å²) in [5, 5.41) is 1.09. The van der Waals surface area contributed by atoms with Crippen molar-refractivity contribution in [2.24, 2.45) is 0 Å². The van der Waals surface area contributed by atoms with Crippen LogP contribution in [0.1, 0.15) is 25.0 Å². The van der Waals surface area contributed by atoms with E-state index in [1.807, 2.05) is 97.1 Å². The molecule has 4 aromatic rings. The summed E-state index contributed by atoms with van der Waals surface area (Å²) in [6.07, 6.45) is 10.3. The lowest BCUT2D eigenvalue weighted by atomic mass is 10.1. The minimum atomic E-state index is -0.0114. The van der Waals surface area contributed by atoms with Gasteiger partial charge >= 0.3 is 0 Å². The van der Waals surface area contributed by atoms with Gasteiger partial charge in [-0.05, 0) is 61.4 Å². The average molecular weight is 423 g/mol. The van der Waals surface area contributed by atoms with Crippen LogP contribution >= 0.6 is 0 Å². The van der Waals surface area contributed by atoms with E-state index in [0.717, 1.165) is 22.2 Å². The first-order valence-corrected chi connectivity index (χ1v) is 10.2. The maximum absolute atomic E-state index is 11.6. The van der Waals surface area contributed by atoms with Gasteiger partial charge in [0.15, 0.2) is 11.4 Å². The third-order valence-corrected chi connectivity index (χ3v) is 3.85. The number of hydrogen-bond acceptors (Lipinski definition) is 4. The quantitative estimate of drug-likeness (QED) is 0.367. The van der Waals surface area contributed by atoms with Gasteiger partial charge in [0.2, 0.25) is 0 Å². The van der Waals surface area contributed by atoms with Gasteiger partial charge in [0, 0.05) is 17.8 Å². The van der Waals surface area contributed by atoms with E-state index in [-0.39, 0.29) is 11.6 Å². The summed E-state index contributed by atoms with van der Waals surface area (Å²) in [6, 6.07) is 27.4. The van der Waals surface area contributed by atoms with Gasteiger partial charge in [-0.1, -0.05) is 72.8 Å². The summed E-state index contributed by atoms with van der Waals surface area (Å²) in [7, 11) is 0. The summed E-state index contributed by atoms with van der Waals surface area (Å²) < 4.78 is 0. The highest BCUT2D eigenvalue weighted by Crippen LogP contribution is 2.05. The van der Waals surface area contributed by atoms with Crippen molar-refractivity contribution in [2.75, 3.05) is 0 Å². The van der Waals surface area contributed by atoms with Crippen LogP contribution in [0, 0.1) is 0 Å². The molecule has 0 aliphatic rings. The van der Waals surface area contributed by atoms with E-state index in [2.05, 4.69) is 9.97 Å². The second-order valence-electron chi connectivity index (χ2n) is 6.85. The fourth-order valence-corrected chi connectivity index (χ4v) is 2.45. The lowest BCUT2D eigenvalue weighted by Crippen LogP contribution is -1.84. The SMILES string of the molecule is CC(C)=O.O=C(C=Cc1ccccc1)C=Cc1ccccc1.c1cnc2ncccc2c1. The van der Waals surface area contributed by atoms with Crippen molar-refractivity contribution in [1.82, 2.24) is 9.97 Å². The van der Waals surface area contributed by atoms with Crippen molar-refractivity contribution in [3.63, 3.8) is 0 Å². The monoisotopic (exact) mass is 422 g/mol. The molecule has 4 heteroatoms. The number of Topliss-reactive ketones (excluding diaryl/α,β-unsaturated/α-hetero) is 1. The van der Waals surface area contributed by atoms with Crippen LogP contribution < -0.4 is 0 Å². The Bertz CT molecular complexity index is 1050. The first kappa shape index (κ1) is 24.1. The summed E-state index contributed by atoms with van der Waals surface area (Å²) >= 11 is 0. The molecule has 4 rings (SSSR count). The number of carbonyl (C=O) groups excluding carboxylic acids is 2. The maximum atomic E-state index is 11.6. The molecule has 4 nitrogen and oxygen atoms in total. The predicted octanol–water partition coefficient (Wildman–Crippen LogP) is 6.21. The molecule has 2 aromatic carbocycles. The zero-order valence-electron chi connectivity index (χ0n) is 18.3. The fraction of sp³-hybridized carbons (Fsp3) is 0.0714. The van der Waals surface area contributed by atoms with Crippen LogP contribution in [0.2, 0.25) is 0 Å². The number of carbonyl (C=O) groups is 2. The molecule has 0 aliphatic heterocycles. The Hall–Kier alpha value is -4.18. The molecule has 0 saturated heterocycles. The first-order chi connectivity index (χ1) is 15.5. The Kier molecular flexibility index (Phi) is 10.5. The largest absolute Gasteiger partial charge is 0.300 e. The van der Waals surface area contributed by atoms with E-state index in [1.54, 1.807) is 24.5 Å². The fourth-order valence-electron chi connectivity index (χ4n) is 2.45.